The van der Waals surface area contributed by atoms with Gasteiger partial charge in [-0.15, -0.1) is 0 Å². The number of fused-ring (bicyclic) bond motifs is 1. The van der Waals surface area contributed by atoms with E-state index < -0.39 is 5.00 Å². The molecule has 1 aromatic rings. The Morgan fingerprint density at radius 3 is 3.23 bits per heavy atom. The molecule has 3 nitrogen and oxygen atoms in total. The summed E-state index contributed by atoms with van der Waals surface area (Å²) in [5, 5.41) is 11.6. The molecule has 1 N–H and O–H groups in total. The van der Waals surface area contributed by atoms with Crippen LogP contribution in [0.1, 0.15) is 5.56 Å². The van der Waals surface area contributed by atoms with Crippen molar-refractivity contribution in [2.45, 2.75) is 5.00 Å². The van der Waals surface area contributed by atoms with E-state index in [4.69, 9.17) is 16.9 Å². The highest BCUT2D eigenvalue weighted by atomic mass is 35.5. The number of nitrogens with zero attached hydrogens (tertiary/aromatic N) is 2. The van der Waals surface area contributed by atoms with Crippen LogP contribution in [0, 0.1) is 11.3 Å². The lowest BCUT2D eigenvalue weighted by Gasteiger charge is -2.22. The minimum Gasteiger partial charge on any atom is -0.336 e. The van der Waals surface area contributed by atoms with E-state index in [1.54, 1.807) is 18.3 Å². The predicted octanol–water partition coefficient (Wildman–Crippen LogP) is 1.98. The first kappa shape index (κ1) is 8.09. The van der Waals surface area contributed by atoms with Crippen molar-refractivity contribution >= 4 is 23.5 Å². The van der Waals surface area contributed by atoms with Crippen molar-refractivity contribution in [1.29, 1.82) is 5.26 Å². The van der Waals surface area contributed by atoms with Crippen molar-refractivity contribution in [1.82, 2.24) is 4.98 Å². The normalized spacial score (nSPS) is 24.3. The average molecular weight is 192 g/mol. The van der Waals surface area contributed by atoms with E-state index in [9.17, 15) is 0 Å². The van der Waals surface area contributed by atoms with Crippen LogP contribution in [0.15, 0.2) is 24.4 Å². The fourth-order valence-corrected chi connectivity index (χ4v) is 1.29. The fraction of sp³-hybridized carbons (Fsp3) is 0.111. The van der Waals surface area contributed by atoms with Gasteiger partial charge >= 0.3 is 0 Å². The van der Waals surface area contributed by atoms with E-state index in [1.165, 1.54) is 0 Å². The monoisotopic (exact) mass is 191 g/mol. The molecule has 2 rings (SSSR count). The second kappa shape index (κ2) is 2.75. The SMILES string of the molecule is N#CC1(Cl)C=Cc2cccnc2N1. The molecule has 0 aromatic carbocycles. The molecular weight excluding hydrogens is 186 g/mol. The van der Waals surface area contributed by atoms with Crippen LogP contribution in [0.25, 0.3) is 6.08 Å². The second-order valence-corrected chi connectivity index (χ2v) is 3.32. The van der Waals surface area contributed by atoms with Crippen LogP contribution >= 0.6 is 11.6 Å². The molecule has 4 heteroatoms. The van der Waals surface area contributed by atoms with Crippen molar-refractivity contribution in [3.63, 3.8) is 0 Å². The predicted molar refractivity (Wildman–Crippen MR) is 51.1 cm³/mol. The van der Waals surface area contributed by atoms with Crippen LogP contribution in [0.4, 0.5) is 5.82 Å². The zero-order valence-electron chi connectivity index (χ0n) is 6.66. The summed E-state index contributed by atoms with van der Waals surface area (Å²) in [6, 6.07) is 5.68. The number of hydrogen-bond donors (Lipinski definition) is 1. The van der Waals surface area contributed by atoms with E-state index in [0.717, 1.165) is 5.56 Å². The number of anilines is 1. The summed E-state index contributed by atoms with van der Waals surface area (Å²) in [6.45, 7) is 0. The third-order valence-corrected chi connectivity index (χ3v) is 2.10. The van der Waals surface area contributed by atoms with Gasteiger partial charge in [0, 0.05) is 11.8 Å². The Hall–Kier alpha value is -1.53. The molecule has 64 valence electrons. The fourth-order valence-electron chi connectivity index (χ4n) is 1.14. The molecular formula is C9H6ClN3. The molecule has 1 unspecified atom stereocenters. The maximum atomic E-state index is 8.75. The molecule has 13 heavy (non-hydrogen) atoms. The van der Waals surface area contributed by atoms with E-state index in [-0.39, 0.29) is 0 Å². The number of rotatable bonds is 0. The smallest absolute Gasteiger partial charge is 0.220 e. The summed E-state index contributed by atoms with van der Waals surface area (Å²) in [4.78, 5) is 2.91. The van der Waals surface area contributed by atoms with E-state index >= 15 is 0 Å². The highest BCUT2D eigenvalue weighted by molar-refractivity contribution is 6.29. The Morgan fingerprint density at radius 2 is 2.46 bits per heavy atom. The molecule has 0 fully saturated rings. The van der Waals surface area contributed by atoms with Crippen LogP contribution in [0.5, 0.6) is 0 Å². The van der Waals surface area contributed by atoms with Gasteiger partial charge in [0.15, 0.2) is 0 Å². The molecule has 1 aromatic heterocycles. The van der Waals surface area contributed by atoms with Crippen LogP contribution in [0.3, 0.4) is 0 Å². The molecule has 0 radical (unpaired) electrons. The average Bonchev–Trinajstić information content (AvgIpc) is 2.18. The molecule has 1 atom stereocenters. The number of nitrogens with one attached hydrogen (secondary N) is 1. The number of aromatic nitrogens is 1. The first-order valence-electron chi connectivity index (χ1n) is 3.76. The zero-order chi connectivity index (χ0) is 9.31. The summed E-state index contributed by atoms with van der Waals surface area (Å²) < 4.78 is 0. The van der Waals surface area contributed by atoms with Gasteiger partial charge in [-0.05, 0) is 18.2 Å². The zero-order valence-corrected chi connectivity index (χ0v) is 7.42. The highest BCUT2D eigenvalue weighted by Crippen LogP contribution is 2.28. The molecule has 0 aliphatic carbocycles. The third kappa shape index (κ3) is 1.36. The van der Waals surface area contributed by atoms with Gasteiger partial charge in [-0.2, -0.15) is 5.26 Å². The van der Waals surface area contributed by atoms with Gasteiger partial charge in [-0.1, -0.05) is 17.7 Å². The maximum Gasteiger partial charge on any atom is 0.220 e. The Morgan fingerprint density at radius 1 is 1.62 bits per heavy atom. The molecule has 1 aliphatic heterocycles. The third-order valence-electron chi connectivity index (χ3n) is 1.79. The Balaban J connectivity index is 2.46. The molecule has 0 amide bonds. The van der Waals surface area contributed by atoms with E-state index in [1.807, 2.05) is 18.2 Å². The van der Waals surface area contributed by atoms with E-state index in [0.29, 0.717) is 5.82 Å². The van der Waals surface area contributed by atoms with Crippen molar-refractivity contribution in [2.75, 3.05) is 5.32 Å². The number of hydrogen-bond acceptors (Lipinski definition) is 3. The molecule has 0 saturated carbocycles. The number of alkyl halides is 1. The van der Waals surface area contributed by atoms with Crippen molar-refractivity contribution < 1.29 is 0 Å². The van der Waals surface area contributed by atoms with Crippen LogP contribution in [-0.2, 0) is 0 Å². The molecule has 0 bridgehead atoms. The maximum absolute atomic E-state index is 8.75. The van der Waals surface area contributed by atoms with Gasteiger partial charge in [0.1, 0.15) is 11.9 Å². The molecule has 0 saturated heterocycles. The van der Waals surface area contributed by atoms with Gasteiger partial charge in [0.25, 0.3) is 0 Å². The second-order valence-electron chi connectivity index (χ2n) is 2.72. The van der Waals surface area contributed by atoms with Gasteiger partial charge in [-0.3, -0.25) is 0 Å². The first-order chi connectivity index (χ1) is 6.23. The Labute approximate surface area is 80.7 Å². The van der Waals surface area contributed by atoms with Crippen LogP contribution in [0.2, 0.25) is 0 Å². The molecule has 2 heterocycles. The highest BCUT2D eigenvalue weighted by Gasteiger charge is 2.27. The van der Waals surface area contributed by atoms with E-state index in [2.05, 4.69) is 10.3 Å². The minimum atomic E-state index is -1.15. The number of nitriles is 1. The largest absolute Gasteiger partial charge is 0.336 e. The summed E-state index contributed by atoms with van der Waals surface area (Å²) in [7, 11) is 0. The minimum absolute atomic E-state index is 0.640. The summed E-state index contributed by atoms with van der Waals surface area (Å²) in [6.07, 6.45) is 5.05. The molecule has 1 aliphatic rings. The number of pyridine rings is 1. The first-order valence-corrected chi connectivity index (χ1v) is 4.14. The topological polar surface area (TPSA) is 48.7 Å². The lowest BCUT2D eigenvalue weighted by molar-refractivity contribution is 0.991. The van der Waals surface area contributed by atoms with Gasteiger partial charge in [-0.25, -0.2) is 4.98 Å². The lowest BCUT2D eigenvalue weighted by Crippen LogP contribution is -2.30. The summed E-state index contributed by atoms with van der Waals surface area (Å²) in [5.41, 5.74) is 0.939. The van der Waals surface area contributed by atoms with Crippen LogP contribution < -0.4 is 5.32 Å². The standard InChI is InChI=1S/C9H6ClN3/c10-9(6-11)4-3-7-2-1-5-12-8(7)13-9/h1-5H,(H,12,13). The van der Waals surface area contributed by atoms with Gasteiger partial charge in [0.05, 0.1) is 0 Å². The van der Waals surface area contributed by atoms with Crippen LogP contribution in [-0.4, -0.2) is 9.98 Å². The van der Waals surface area contributed by atoms with Crippen molar-refractivity contribution in [3.8, 4) is 6.07 Å². The molecule has 0 spiro atoms. The quantitative estimate of drug-likeness (QED) is 0.504. The Kier molecular flexibility index (Phi) is 1.71. The summed E-state index contributed by atoms with van der Waals surface area (Å²) >= 11 is 5.89. The van der Waals surface area contributed by atoms with Crippen molar-refractivity contribution in [2.24, 2.45) is 0 Å². The summed E-state index contributed by atoms with van der Waals surface area (Å²) in [5.74, 6) is 0.640. The lowest BCUT2D eigenvalue weighted by atomic mass is 10.1. The number of halogens is 1. The van der Waals surface area contributed by atoms with Gasteiger partial charge in [0.2, 0.25) is 5.00 Å². The van der Waals surface area contributed by atoms with Gasteiger partial charge < -0.3 is 5.32 Å². The Bertz CT molecular complexity index is 408. The van der Waals surface area contributed by atoms with Crippen molar-refractivity contribution in [3.05, 3.63) is 30.0 Å².